The van der Waals surface area contributed by atoms with E-state index in [9.17, 15) is 18.3 Å². The maximum absolute atomic E-state index is 12.4. The number of carbonyl (C=O) groups is 1. The molecule has 0 saturated carbocycles. The van der Waals surface area contributed by atoms with Crippen molar-refractivity contribution in [1.82, 2.24) is 5.43 Å². The fourth-order valence-corrected chi connectivity index (χ4v) is 4.80. The van der Waals surface area contributed by atoms with Gasteiger partial charge in [-0.1, -0.05) is 71.9 Å². The van der Waals surface area contributed by atoms with Crippen molar-refractivity contribution in [3.8, 4) is 11.5 Å². The number of benzene rings is 3. The van der Waals surface area contributed by atoms with E-state index in [-0.39, 0.29) is 33.8 Å². The monoisotopic (exact) mass is 536 g/mol. The molecular weight excluding hydrogens is 500 g/mol. The van der Waals surface area contributed by atoms with E-state index in [0.29, 0.717) is 17.7 Å². The van der Waals surface area contributed by atoms with Crippen molar-refractivity contribution in [3.63, 3.8) is 0 Å². The second-order valence-electron chi connectivity index (χ2n) is 11.3. The smallest absolute Gasteiger partial charge is 0.339 e. The van der Waals surface area contributed by atoms with Gasteiger partial charge in [-0.3, -0.25) is 4.79 Å². The Labute approximate surface area is 225 Å². The van der Waals surface area contributed by atoms with Crippen LogP contribution >= 0.6 is 0 Å². The molecule has 3 aromatic rings. The van der Waals surface area contributed by atoms with Gasteiger partial charge in [0.1, 0.15) is 16.4 Å². The fourth-order valence-electron chi connectivity index (χ4n) is 3.85. The van der Waals surface area contributed by atoms with Crippen LogP contribution in [0.15, 0.2) is 76.7 Å². The predicted molar refractivity (Wildman–Crippen MR) is 150 cm³/mol. The van der Waals surface area contributed by atoms with Gasteiger partial charge in [-0.15, -0.1) is 0 Å². The average molecular weight is 537 g/mol. The summed E-state index contributed by atoms with van der Waals surface area (Å²) in [6, 6.07) is 18.2. The quantitative estimate of drug-likeness (QED) is 0.214. The highest BCUT2D eigenvalue weighted by Crippen LogP contribution is 2.40. The molecule has 2 N–H and O–H groups in total. The number of nitrogens with one attached hydrogen (secondary N) is 1. The summed E-state index contributed by atoms with van der Waals surface area (Å²) in [6.07, 6.45) is 2.22. The highest BCUT2D eigenvalue weighted by molar-refractivity contribution is 7.87. The summed E-state index contributed by atoms with van der Waals surface area (Å²) in [5, 5.41) is 14.9. The van der Waals surface area contributed by atoms with Crippen molar-refractivity contribution in [2.45, 2.75) is 70.1 Å². The normalized spacial score (nSPS) is 12.5. The van der Waals surface area contributed by atoms with E-state index >= 15 is 0 Å². The first-order valence-electron chi connectivity index (χ1n) is 12.5. The minimum absolute atomic E-state index is 0.0740. The molecule has 202 valence electrons. The zero-order valence-electron chi connectivity index (χ0n) is 22.8. The molecule has 3 rings (SSSR count). The first kappa shape index (κ1) is 28.9. The van der Waals surface area contributed by atoms with Gasteiger partial charge < -0.3 is 9.29 Å². The number of hydrogen-bond acceptors (Lipinski definition) is 6. The van der Waals surface area contributed by atoms with Crippen molar-refractivity contribution in [3.05, 3.63) is 89.0 Å². The van der Waals surface area contributed by atoms with Crippen LogP contribution in [-0.2, 0) is 32.2 Å². The van der Waals surface area contributed by atoms with Crippen LogP contribution in [0.1, 0.15) is 70.2 Å². The van der Waals surface area contributed by atoms with Crippen molar-refractivity contribution in [2.75, 3.05) is 0 Å². The predicted octanol–water partition coefficient (Wildman–Crippen LogP) is 5.84. The molecule has 38 heavy (non-hydrogen) atoms. The molecule has 0 bridgehead atoms. The summed E-state index contributed by atoms with van der Waals surface area (Å²) in [6.45, 7) is 12.3. The Kier molecular flexibility index (Phi) is 8.67. The summed E-state index contributed by atoms with van der Waals surface area (Å²) in [5.74, 6) is 0.253. The molecule has 0 heterocycles. The molecule has 0 unspecified atom stereocenters. The first-order chi connectivity index (χ1) is 17.7. The Bertz CT molecular complexity index is 1360. The Morgan fingerprint density at radius 3 is 2.00 bits per heavy atom. The molecule has 8 heteroatoms. The summed E-state index contributed by atoms with van der Waals surface area (Å²) < 4.78 is 29.8. The number of amides is 1. The van der Waals surface area contributed by atoms with Gasteiger partial charge in [0.15, 0.2) is 0 Å². The van der Waals surface area contributed by atoms with Gasteiger partial charge in [-0.05, 0) is 75.9 Å². The number of rotatable bonds is 8. The molecule has 0 atom stereocenters. The lowest BCUT2D eigenvalue weighted by molar-refractivity contribution is -0.121. The van der Waals surface area contributed by atoms with Crippen LogP contribution in [0.5, 0.6) is 11.5 Å². The number of hydrazone groups is 1. The van der Waals surface area contributed by atoms with Crippen molar-refractivity contribution in [2.24, 2.45) is 5.10 Å². The highest BCUT2D eigenvalue weighted by atomic mass is 32.2. The van der Waals surface area contributed by atoms with E-state index in [1.807, 2.05) is 12.1 Å². The third-order valence-corrected chi connectivity index (χ3v) is 7.21. The number of nitrogens with zero attached hydrogens (tertiary/aromatic N) is 1. The molecule has 0 aromatic heterocycles. The maximum Gasteiger partial charge on any atom is 0.339 e. The summed E-state index contributed by atoms with van der Waals surface area (Å²) in [4.78, 5) is 12.5. The number of aryl methyl sites for hydroxylation is 1. The largest absolute Gasteiger partial charge is 0.507 e. The molecule has 7 nitrogen and oxygen atoms in total. The topological polar surface area (TPSA) is 105 Å². The Balaban J connectivity index is 1.59. The lowest BCUT2D eigenvalue weighted by atomic mass is 9.78. The molecule has 0 aliphatic heterocycles. The third kappa shape index (κ3) is 7.68. The van der Waals surface area contributed by atoms with Gasteiger partial charge >= 0.3 is 10.1 Å². The molecule has 0 fully saturated rings. The first-order valence-corrected chi connectivity index (χ1v) is 13.9. The Hall–Kier alpha value is -3.65. The van der Waals surface area contributed by atoms with E-state index in [1.165, 1.54) is 30.5 Å². The van der Waals surface area contributed by atoms with Crippen LogP contribution in [0, 0.1) is 0 Å². The standard InChI is InChI=1S/C30H36N2O5S/c1-29(2,3)25-18-22(19-26(28(25)34)30(4,5)6)14-17-27(33)32-31-20-21-12-15-23(16-13-21)37-38(35,36)24-10-8-7-9-11-24/h7-13,15-16,18-20,34H,14,17H2,1-6H3,(H,32,33)/b31-20-. The summed E-state index contributed by atoms with van der Waals surface area (Å²) in [5.41, 5.74) is 5.43. The second-order valence-corrected chi connectivity index (χ2v) is 12.8. The zero-order chi connectivity index (χ0) is 28.1. The lowest BCUT2D eigenvalue weighted by Gasteiger charge is -2.28. The van der Waals surface area contributed by atoms with Crippen LogP contribution in [0.4, 0.5) is 0 Å². The van der Waals surface area contributed by atoms with Crippen molar-refractivity contribution in [1.29, 1.82) is 0 Å². The molecular formula is C30H36N2O5S. The van der Waals surface area contributed by atoms with Gasteiger partial charge in [-0.2, -0.15) is 13.5 Å². The van der Waals surface area contributed by atoms with Crippen LogP contribution in [0.25, 0.3) is 0 Å². The van der Waals surface area contributed by atoms with Crippen molar-refractivity contribution < 1.29 is 22.5 Å². The number of carbonyl (C=O) groups excluding carboxylic acids is 1. The van der Waals surface area contributed by atoms with Crippen LogP contribution < -0.4 is 9.61 Å². The number of hydrogen-bond donors (Lipinski definition) is 2. The number of phenolic OH excluding ortho intramolecular Hbond substituents is 1. The zero-order valence-corrected chi connectivity index (χ0v) is 23.6. The summed E-state index contributed by atoms with van der Waals surface area (Å²) >= 11 is 0. The van der Waals surface area contributed by atoms with Crippen LogP contribution in [-0.4, -0.2) is 25.6 Å². The highest BCUT2D eigenvalue weighted by Gasteiger charge is 2.26. The molecule has 0 spiro atoms. The SMILES string of the molecule is CC(C)(C)c1cc(CCC(=O)N/N=C\c2ccc(OS(=O)(=O)c3ccccc3)cc2)cc(C(C)(C)C)c1O. The van der Waals surface area contributed by atoms with Crippen molar-refractivity contribution >= 4 is 22.2 Å². The van der Waals surface area contributed by atoms with Gasteiger partial charge in [0.2, 0.25) is 5.91 Å². The van der Waals surface area contributed by atoms with E-state index in [0.717, 1.165) is 16.7 Å². The second kappa shape index (κ2) is 11.4. The molecule has 1 amide bonds. The molecule has 0 aliphatic rings. The van der Waals surface area contributed by atoms with E-state index in [1.54, 1.807) is 30.3 Å². The fraction of sp³-hybridized carbons (Fsp3) is 0.333. The number of phenols is 1. The van der Waals surface area contributed by atoms with Gasteiger partial charge in [0, 0.05) is 6.42 Å². The Morgan fingerprint density at radius 2 is 1.47 bits per heavy atom. The minimum Gasteiger partial charge on any atom is -0.507 e. The van der Waals surface area contributed by atoms with Crippen LogP contribution in [0.3, 0.4) is 0 Å². The van der Waals surface area contributed by atoms with E-state index in [2.05, 4.69) is 52.1 Å². The molecule has 0 saturated heterocycles. The average Bonchev–Trinajstić information content (AvgIpc) is 2.83. The lowest BCUT2D eigenvalue weighted by Crippen LogP contribution is -2.20. The van der Waals surface area contributed by atoms with Gasteiger partial charge in [-0.25, -0.2) is 5.43 Å². The Morgan fingerprint density at radius 1 is 0.921 bits per heavy atom. The number of aromatic hydroxyl groups is 1. The van der Waals surface area contributed by atoms with Crippen LogP contribution in [0.2, 0.25) is 0 Å². The minimum atomic E-state index is -3.91. The summed E-state index contributed by atoms with van der Waals surface area (Å²) in [7, 11) is -3.91. The van der Waals surface area contributed by atoms with Gasteiger partial charge in [0.25, 0.3) is 0 Å². The molecule has 0 radical (unpaired) electrons. The van der Waals surface area contributed by atoms with Gasteiger partial charge in [0.05, 0.1) is 6.21 Å². The molecule has 0 aliphatic carbocycles. The van der Waals surface area contributed by atoms with E-state index < -0.39 is 10.1 Å². The third-order valence-electron chi connectivity index (χ3n) is 5.95. The van der Waals surface area contributed by atoms with E-state index in [4.69, 9.17) is 4.18 Å². The maximum atomic E-state index is 12.4. The molecule has 3 aromatic carbocycles.